The van der Waals surface area contributed by atoms with Crippen molar-refractivity contribution in [1.29, 1.82) is 0 Å². The van der Waals surface area contributed by atoms with Crippen LogP contribution in [0.4, 0.5) is 5.69 Å². The molecule has 0 saturated heterocycles. The highest BCUT2D eigenvalue weighted by atomic mass is 32.1. The lowest BCUT2D eigenvalue weighted by atomic mass is 9.98. The molecule has 4 rings (SSSR count). The van der Waals surface area contributed by atoms with Crippen molar-refractivity contribution >= 4 is 39.1 Å². The van der Waals surface area contributed by atoms with Crippen LogP contribution in [-0.4, -0.2) is 22.0 Å². The van der Waals surface area contributed by atoms with Gasteiger partial charge in [-0.3, -0.25) is 4.79 Å². The zero-order valence-corrected chi connectivity index (χ0v) is 15.4. The first-order valence-electron chi connectivity index (χ1n) is 8.37. The molecule has 0 aliphatic carbocycles. The fourth-order valence-electron chi connectivity index (χ4n) is 3.11. The molecule has 0 saturated carbocycles. The number of aromatic nitrogens is 1. The Balaban J connectivity index is 2.06. The summed E-state index contributed by atoms with van der Waals surface area (Å²) in [4.78, 5) is 28.7. The first-order valence-corrected chi connectivity index (χ1v) is 9.19. The molecular weight excluding hydrogens is 374 g/mol. The summed E-state index contributed by atoms with van der Waals surface area (Å²) in [6.45, 7) is 0. The van der Waals surface area contributed by atoms with E-state index >= 15 is 0 Å². The van der Waals surface area contributed by atoms with Crippen LogP contribution >= 0.6 is 11.3 Å². The molecule has 138 valence electrons. The topological polar surface area (TPSA) is 119 Å². The number of nitrogens with zero attached hydrogens (tertiary/aromatic N) is 1. The van der Waals surface area contributed by atoms with E-state index in [0.717, 1.165) is 16.9 Å². The maximum atomic E-state index is 11.8. The van der Waals surface area contributed by atoms with E-state index in [1.807, 2.05) is 36.4 Å². The minimum absolute atomic E-state index is 0.160. The predicted molar refractivity (Wildman–Crippen MR) is 110 cm³/mol. The number of thiophene rings is 1. The van der Waals surface area contributed by atoms with E-state index in [1.54, 1.807) is 18.2 Å². The van der Waals surface area contributed by atoms with Gasteiger partial charge in [0.2, 0.25) is 0 Å². The van der Waals surface area contributed by atoms with Crippen molar-refractivity contribution in [1.82, 2.24) is 4.98 Å². The molecule has 28 heavy (non-hydrogen) atoms. The van der Waals surface area contributed by atoms with Crippen LogP contribution in [0, 0.1) is 0 Å². The van der Waals surface area contributed by atoms with E-state index in [-0.39, 0.29) is 16.1 Å². The summed E-state index contributed by atoms with van der Waals surface area (Å²) in [6.07, 6.45) is 0. The van der Waals surface area contributed by atoms with Gasteiger partial charge in [-0.15, -0.1) is 11.3 Å². The summed E-state index contributed by atoms with van der Waals surface area (Å²) >= 11 is 1.13. The van der Waals surface area contributed by atoms with Gasteiger partial charge in [0.1, 0.15) is 9.71 Å². The van der Waals surface area contributed by atoms with Gasteiger partial charge in [-0.25, -0.2) is 9.78 Å². The molecule has 0 aliphatic rings. The van der Waals surface area contributed by atoms with Crippen molar-refractivity contribution in [2.75, 3.05) is 5.73 Å². The quantitative estimate of drug-likeness (QED) is 0.487. The van der Waals surface area contributed by atoms with E-state index in [9.17, 15) is 14.7 Å². The number of anilines is 1. The SMILES string of the molecule is NC(=O)c1sc2nc(-c3ccccc3)cc(-c3cccc(C(=O)O)c3)c2c1N. The second-order valence-corrected chi connectivity index (χ2v) is 7.20. The number of primary amides is 1. The van der Waals surface area contributed by atoms with Gasteiger partial charge in [0, 0.05) is 10.9 Å². The van der Waals surface area contributed by atoms with Crippen LogP contribution < -0.4 is 11.5 Å². The number of carbonyl (C=O) groups is 2. The lowest BCUT2D eigenvalue weighted by Crippen LogP contribution is -2.10. The average molecular weight is 389 g/mol. The zero-order chi connectivity index (χ0) is 19.8. The van der Waals surface area contributed by atoms with Gasteiger partial charge >= 0.3 is 5.97 Å². The molecule has 5 N–H and O–H groups in total. The monoisotopic (exact) mass is 389 g/mol. The molecule has 2 aromatic carbocycles. The van der Waals surface area contributed by atoms with Crippen molar-refractivity contribution in [3.8, 4) is 22.4 Å². The Morgan fingerprint density at radius 3 is 2.36 bits per heavy atom. The number of hydrogen-bond acceptors (Lipinski definition) is 5. The number of aromatic carboxylic acids is 1. The van der Waals surface area contributed by atoms with Gasteiger partial charge in [-0.2, -0.15) is 0 Å². The number of carboxylic acids is 1. The van der Waals surface area contributed by atoms with E-state index in [0.29, 0.717) is 27.0 Å². The molecule has 7 heteroatoms. The van der Waals surface area contributed by atoms with Crippen LogP contribution in [0.25, 0.3) is 32.6 Å². The number of nitrogen functional groups attached to an aromatic ring is 1. The highest BCUT2D eigenvalue weighted by Crippen LogP contribution is 2.41. The van der Waals surface area contributed by atoms with E-state index in [2.05, 4.69) is 4.98 Å². The highest BCUT2D eigenvalue weighted by Gasteiger charge is 2.20. The molecule has 0 unspecified atom stereocenters. The van der Waals surface area contributed by atoms with Crippen molar-refractivity contribution in [3.05, 3.63) is 71.1 Å². The second-order valence-electron chi connectivity index (χ2n) is 6.20. The van der Waals surface area contributed by atoms with Crippen LogP contribution in [0.5, 0.6) is 0 Å². The summed E-state index contributed by atoms with van der Waals surface area (Å²) < 4.78 is 0. The molecule has 2 aromatic heterocycles. The summed E-state index contributed by atoms with van der Waals surface area (Å²) in [5.74, 6) is -1.64. The number of fused-ring (bicyclic) bond motifs is 1. The van der Waals surface area contributed by atoms with Crippen LogP contribution in [0.1, 0.15) is 20.0 Å². The number of amides is 1. The van der Waals surface area contributed by atoms with Crippen molar-refractivity contribution in [2.45, 2.75) is 0 Å². The lowest BCUT2D eigenvalue weighted by Gasteiger charge is -2.09. The standard InChI is InChI=1S/C21H15N3O3S/c22-17-16-14(12-7-4-8-13(9-12)21(26)27)10-15(11-5-2-1-3-6-11)24-20(16)28-18(17)19(23)25/h1-10H,22H2,(H2,23,25)(H,26,27). The number of carbonyl (C=O) groups excluding carboxylic acids is 1. The lowest BCUT2D eigenvalue weighted by molar-refractivity contribution is 0.0696. The largest absolute Gasteiger partial charge is 0.478 e. The maximum Gasteiger partial charge on any atom is 0.335 e. The van der Waals surface area contributed by atoms with E-state index in [4.69, 9.17) is 11.5 Å². The molecule has 0 radical (unpaired) electrons. The normalized spacial score (nSPS) is 10.9. The predicted octanol–water partition coefficient (Wildman–Crippen LogP) is 4.01. The van der Waals surface area contributed by atoms with Crippen molar-refractivity contribution < 1.29 is 14.7 Å². The van der Waals surface area contributed by atoms with Crippen molar-refractivity contribution in [2.24, 2.45) is 5.73 Å². The van der Waals surface area contributed by atoms with Crippen LogP contribution in [0.3, 0.4) is 0 Å². The molecule has 0 aliphatic heterocycles. The fraction of sp³-hybridized carbons (Fsp3) is 0. The zero-order valence-electron chi connectivity index (χ0n) is 14.5. The Kier molecular flexibility index (Phi) is 4.29. The van der Waals surface area contributed by atoms with E-state index < -0.39 is 11.9 Å². The van der Waals surface area contributed by atoms with Crippen LogP contribution in [0.15, 0.2) is 60.7 Å². The molecule has 6 nitrogen and oxygen atoms in total. The third-order valence-corrected chi connectivity index (χ3v) is 5.53. The second kappa shape index (κ2) is 6.79. The Hall–Kier alpha value is -3.71. The van der Waals surface area contributed by atoms with E-state index in [1.165, 1.54) is 6.07 Å². The van der Waals surface area contributed by atoms with Crippen molar-refractivity contribution in [3.63, 3.8) is 0 Å². The molecule has 0 bridgehead atoms. The molecule has 2 heterocycles. The van der Waals surface area contributed by atoms with Gasteiger partial charge in [-0.1, -0.05) is 42.5 Å². The molecule has 4 aromatic rings. The van der Waals surface area contributed by atoms with Gasteiger partial charge in [0.25, 0.3) is 5.91 Å². The van der Waals surface area contributed by atoms with Gasteiger partial charge in [0.05, 0.1) is 16.9 Å². The smallest absolute Gasteiger partial charge is 0.335 e. The van der Waals surface area contributed by atoms with Gasteiger partial charge in [0.15, 0.2) is 0 Å². The maximum absolute atomic E-state index is 11.8. The Morgan fingerprint density at radius 1 is 0.964 bits per heavy atom. The summed E-state index contributed by atoms with van der Waals surface area (Å²) in [7, 11) is 0. The van der Waals surface area contributed by atoms with Crippen LogP contribution in [-0.2, 0) is 0 Å². The fourth-order valence-corrected chi connectivity index (χ4v) is 4.08. The summed E-state index contributed by atoms with van der Waals surface area (Å²) in [5, 5.41) is 9.94. The third-order valence-electron chi connectivity index (χ3n) is 4.41. The molecule has 0 fully saturated rings. The van der Waals surface area contributed by atoms with Crippen LogP contribution in [0.2, 0.25) is 0 Å². The minimum Gasteiger partial charge on any atom is -0.478 e. The van der Waals surface area contributed by atoms with Gasteiger partial charge < -0.3 is 16.6 Å². The number of pyridine rings is 1. The first kappa shape index (κ1) is 17.7. The molecular formula is C21H15N3O3S. The number of hydrogen-bond donors (Lipinski definition) is 3. The number of nitrogens with two attached hydrogens (primary N) is 2. The Labute approximate surface area is 164 Å². The number of carboxylic acid groups (broad SMARTS) is 1. The van der Waals surface area contributed by atoms with Gasteiger partial charge in [-0.05, 0) is 29.3 Å². The minimum atomic E-state index is -1.02. The molecule has 1 amide bonds. The Morgan fingerprint density at radius 2 is 1.68 bits per heavy atom. The average Bonchev–Trinajstić information content (AvgIpc) is 3.05. The summed E-state index contributed by atoms with van der Waals surface area (Å²) in [5.41, 5.74) is 15.1. The third kappa shape index (κ3) is 2.97. The Bertz CT molecular complexity index is 1230. The summed E-state index contributed by atoms with van der Waals surface area (Å²) in [6, 6.07) is 18.0. The molecule has 0 spiro atoms. The first-order chi connectivity index (χ1) is 13.5. The highest BCUT2D eigenvalue weighted by molar-refractivity contribution is 7.21. The number of rotatable bonds is 4. The number of benzene rings is 2. The molecule has 0 atom stereocenters.